The third kappa shape index (κ3) is 3.63. The molecule has 114 valence electrons. The van der Waals surface area contributed by atoms with Gasteiger partial charge in [-0.2, -0.15) is 0 Å². The Kier molecular flexibility index (Phi) is 6.06. The second-order valence-corrected chi connectivity index (χ2v) is 7.62. The molecule has 1 fully saturated rings. The molecule has 0 radical (unpaired) electrons. The lowest BCUT2D eigenvalue weighted by molar-refractivity contribution is 0.154. The van der Waals surface area contributed by atoms with Gasteiger partial charge in [-0.1, -0.05) is 13.3 Å². The first-order valence-corrected chi connectivity index (χ1v) is 8.94. The van der Waals surface area contributed by atoms with Crippen molar-refractivity contribution in [2.75, 3.05) is 26.7 Å². The van der Waals surface area contributed by atoms with Crippen LogP contribution in [-0.2, 0) is 0 Å². The van der Waals surface area contributed by atoms with Crippen molar-refractivity contribution in [2.45, 2.75) is 52.5 Å². The molecule has 2 heterocycles. The smallest absolute Gasteiger partial charge is 0.0399 e. The maximum Gasteiger partial charge on any atom is 0.0399 e. The second kappa shape index (κ2) is 7.58. The Balaban J connectivity index is 2.33. The normalized spacial score (nSPS) is 24.8. The van der Waals surface area contributed by atoms with Gasteiger partial charge in [0.25, 0.3) is 0 Å². The SMILES string of the molecule is CCCN1CCCCC(CNC)C1c1cc(C)sc1C. The van der Waals surface area contributed by atoms with Gasteiger partial charge >= 0.3 is 0 Å². The van der Waals surface area contributed by atoms with E-state index in [-0.39, 0.29) is 0 Å². The highest BCUT2D eigenvalue weighted by atomic mass is 32.1. The monoisotopic (exact) mass is 294 g/mol. The Hall–Kier alpha value is -0.380. The van der Waals surface area contributed by atoms with Crippen LogP contribution < -0.4 is 5.32 Å². The van der Waals surface area contributed by atoms with Gasteiger partial charge in [0, 0.05) is 15.8 Å². The fraction of sp³-hybridized carbons (Fsp3) is 0.765. The number of likely N-dealkylation sites (tertiary alicyclic amines) is 1. The van der Waals surface area contributed by atoms with Crippen LogP contribution in [0.3, 0.4) is 0 Å². The molecule has 0 bridgehead atoms. The molecular formula is C17H30N2S. The molecule has 0 saturated carbocycles. The summed E-state index contributed by atoms with van der Waals surface area (Å²) in [4.78, 5) is 5.74. The highest BCUT2D eigenvalue weighted by molar-refractivity contribution is 7.12. The van der Waals surface area contributed by atoms with Crippen molar-refractivity contribution in [3.8, 4) is 0 Å². The van der Waals surface area contributed by atoms with Crippen molar-refractivity contribution in [1.29, 1.82) is 0 Å². The molecule has 1 aromatic heterocycles. The van der Waals surface area contributed by atoms with Gasteiger partial charge in [-0.3, -0.25) is 4.90 Å². The van der Waals surface area contributed by atoms with Crippen LogP contribution in [0.4, 0.5) is 0 Å². The Bertz CT molecular complexity index is 397. The molecule has 1 N–H and O–H groups in total. The van der Waals surface area contributed by atoms with Crippen molar-refractivity contribution in [3.63, 3.8) is 0 Å². The fourth-order valence-corrected chi connectivity index (χ4v) is 4.69. The predicted octanol–water partition coefficient (Wildman–Crippen LogP) is 4.14. The minimum Gasteiger partial charge on any atom is -0.319 e. The minimum absolute atomic E-state index is 0.620. The zero-order valence-corrected chi connectivity index (χ0v) is 14.4. The molecule has 1 aromatic rings. The van der Waals surface area contributed by atoms with E-state index in [9.17, 15) is 0 Å². The first-order chi connectivity index (χ1) is 9.67. The van der Waals surface area contributed by atoms with Gasteiger partial charge in [0.2, 0.25) is 0 Å². The summed E-state index contributed by atoms with van der Waals surface area (Å²) in [5.41, 5.74) is 1.60. The summed E-state index contributed by atoms with van der Waals surface area (Å²) in [6.45, 7) is 10.5. The topological polar surface area (TPSA) is 15.3 Å². The number of hydrogen-bond acceptors (Lipinski definition) is 3. The maximum absolute atomic E-state index is 3.43. The summed E-state index contributed by atoms with van der Waals surface area (Å²) in [7, 11) is 2.10. The summed E-state index contributed by atoms with van der Waals surface area (Å²) >= 11 is 1.96. The number of rotatable bonds is 5. The van der Waals surface area contributed by atoms with Gasteiger partial charge in [-0.25, -0.2) is 0 Å². The summed E-state index contributed by atoms with van der Waals surface area (Å²) in [5.74, 6) is 0.752. The summed E-state index contributed by atoms with van der Waals surface area (Å²) in [6.07, 6.45) is 5.36. The van der Waals surface area contributed by atoms with E-state index in [0.717, 1.165) is 12.5 Å². The molecule has 2 unspecified atom stereocenters. The average molecular weight is 295 g/mol. The highest BCUT2D eigenvalue weighted by Gasteiger charge is 2.31. The van der Waals surface area contributed by atoms with Gasteiger partial charge < -0.3 is 5.32 Å². The molecule has 0 aliphatic carbocycles. The van der Waals surface area contributed by atoms with Crippen molar-refractivity contribution in [3.05, 3.63) is 21.4 Å². The van der Waals surface area contributed by atoms with Crippen LogP contribution >= 0.6 is 11.3 Å². The molecule has 3 heteroatoms. The Morgan fingerprint density at radius 1 is 1.35 bits per heavy atom. The van der Waals surface area contributed by atoms with E-state index in [2.05, 4.69) is 44.1 Å². The van der Waals surface area contributed by atoms with Crippen LogP contribution in [0.15, 0.2) is 6.07 Å². The third-order valence-corrected chi connectivity index (χ3v) is 5.47. The van der Waals surface area contributed by atoms with Crippen LogP contribution in [0.1, 0.15) is 54.0 Å². The quantitative estimate of drug-likeness (QED) is 0.878. The Morgan fingerprint density at radius 3 is 2.75 bits per heavy atom. The van der Waals surface area contributed by atoms with E-state index in [1.165, 1.54) is 48.5 Å². The molecule has 0 amide bonds. The second-order valence-electron chi connectivity index (χ2n) is 6.16. The van der Waals surface area contributed by atoms with Crippen molar-refractivity contribution in [1.82, 2.24) is 10.2 Å². The van der Waals surface area contributed by atoms with E-state index in [0.29, 0.717) is 6.04 Å². The van der Waals surface area contributed by atoms with Gasteiger partial charge in [0.05, 0.1) is 0 Å². The standard InChI is InChI=1S/C17H30N2S/c1-5-9-19-10-7-6-8-15(12-18-4)17(19)16-11-13(2)20-14(16)3/h11,15,17-18H,5-10,12H2,1-4H3. The number of nitrogens with one attached hydrogen (secondary N) is 1. The zero-order chi connectivity index (χ0) is 14.5. The van der Waals surface area contributed by atoms with Crippen LogP contribution in [-0.4, -0.2) is 31.6 Å². The average Bonchev–Trinajstić information content (AvgIpc) is 2.61. The highest BCUT2D eigenvalue weighted by Crippen LogP contribution is 2.39. The predicted molar refractivity (Wildman–Crippen MR) is 89.7 cm³/mol. The molecule has 20 heavy (non-hydrogen) atoms. The largest absolute Gasteiger partial charge is 0.319 e. The number of nitrogens with zero attached hydrogens (tertiary/aromatic N) is 1. The third-order valence-electron chi connectivity index (χ3n) is 4.49. The first kappa shape index (κ1) is 16.0. The summed E-state index contributed by atoms with van der Waals surface area (Å²) in [6, 6.07) is 3.07. The zero-order valence-electron chi connectivity index (χ0n) is 13.5. The molecule has 2 rings (SSSR count). The lowest BCUT2D eigenvalue weighted by Gasteiger charge is -2.35. The first-order valence-electron chi connectivity index (χ1n) is 8.13. The molecule has 1 aliphatic rings. The van der Waals surface area contributed by atoms with Crippen LogP contribution in [0.25, 0.3) is 0 Å². The Morgan fingerprint density at radius 2 is 2.15 bits per heavy atom. The molecule has 1 saturated heterocycles. The molecule has 1 aliphatic heterocycles. The van der Waals surface area contributed by atoms with E-state index < -0.39 is 0 Å². The van der Waals surface area contributed by atoms with Gasteiger partial charge in [0.1, 0.15) is 0 Å². The number of aryl methyl sites for hydroxylation is 2. The number of hydrogen-bond donors (Lipinski definition) is 1. The fourth-order valence-electron chi connectivity index (χ4n) is 3.73. The van der Waals surface area contributed by atoms with Crippen molar-refractivity contribution < 1.29 is 0 Å². The van der Waals surface area contributed by atoms with Crippen LogP contribution in [0.2, 0.25) is 0 Å². The van der Waals surface area contributed by atoms with E-state index in [1.54, 1.807) is 5.56 Å². The lowest BCUT2D eigenvalue weighted by Crippen LogP contribution is -2.37. The molecule has 0 spiro atoms. The molecule has 0 aromatic carbocycles. The maximum atomic E-state index is 3.43. The van der Waals surface area contributed by atoms with E-state index in [4.69, 9.17) is 0 Å². The van der Waals surface area contributed by atoms with Crippen molar-refractivity contribution >= 4 is 11.3 Å². The Labute approximate surface area is 128 Å². The molecule has 2 nitrogen and oxygen atoms in total. The number of thiophene rings is 1. The summed E-state index contributed by atoms with van der Waals surface area (Å²) in [5, 5.41) is 3.43. The minimum atomic E-state index is 0.620. The molecule has 2 atom stereocenters. The summed E-state index contributed by atoms with van der Waals surface area (Å²) < 4.78 is 0. The van der Waals surface area contributed by atoms with Crippen molar-refractivity contribution in [2.24, 2.45) is 5.92 Å². The van der Waals surface area contributed by atoms with Crippen LogP contribution in [0.5, 0.6) is 0 Å². The van der Waals surface area contributed by atoms with Crippen LogP contribution in [0, 0.1) is 19.8 Å². The van der Waals surface area contributed by atoms with Gasteiger partial charge in [-0.05, 0) is 77.3 Å². The van der Waals surface area contributed by atoms with E-state index >= 15 is 0 Å². The van der Waals surface area contributed by atoms with E-state index in [1.807, 2.05) is 11.3 Å². The molecular weight excluding hydrogens is 264 g/mol. The lowest BCUT2D eigenvalue weighted by atomic mass is 9.89. The van der Waals surface area contributed by atoms with Gasteiger partial charge in [0.15, 0.2) is 0 Å². The van der Waals surface area contributed by atoms with Gasteiger partial charge in [-0.15, -0.1) is 11.3 Å².